The van der Waals surface area contributed by atoms with E-state index in [1.54, 1.807) is 4.90 Å². The van der Waals surface area contributed by atoms with Gasteiger partial charge in [0.25, 0.3) is 5.91 Å². The maximum atomic E-state index is 13.7. The Morgan fingerprint density at radius 2 is 2.09 bits per heavy atom. The average Bonchev–Trinajstić information content (AvgIpc) is 3.04. The van der Waals surface area contributed by atoms with E-state index >= 15 is 0 Å². The summed E-state index contributed by atoms with van der Waals surface area (Å²) < 4.78 is 19.1. The van der Waals surface area contributed by atoms with Crippen LogP contribution in [0.3, 0.4) is 0 Å². The Bertz CT molecular complexity index is 585. The van der Waals surface area contributed by atoms with Crippen molar-refractivity contribution in [1.82, 2.24) is 9.80 Å². The summed E-state index contributed by atoms with van der Waals surface area (Å²) in [5.41, 5.74) is 5.70. The molecule has 2 aliphatic heterocycles. The van der Waals surface area contributed by atoms with Crippen LogP contribution in [0, 0.1) is 11.7 Å². The molecule has 5 nitrogen and oxygen atoms in total. The third-order valence-electron chi connectivity index (χ3n) is 4.52. The monoisotopic (exact) mass is 341 g/mol. The molecule has 0 aliphatic carbocycles. The van der Waals surface area contributed by atoms with Crippen molar-refractivity contribution in [3.8, 4) is 0 Å². The fourth-order valence-corrected chi connectivity index (χ4v) is 3.36. The van der Waals surface area contributed by atoms with E-state index in [1.165, 1.54) is 6.07 Å². The Morgan fingerprint density at radius 3 is 2.74 bits per heavy atom. The Balaban J connectivity index is 1.60. The van der Waals surface area contributed by atoms with Gasteiger partial charge < -0.3 is 15.4 Å². The summed E-state index contributed by atoms with van der Waals surface area (Å²) in [6, 6.07) is 2.56. The van der Waals surface area contributed by atoms with Crippen molar-refractivity contribution in [2.24, 2.45) is 5.92 Å². The number of hydrogen-bond acceptors (Lipinski definition) is 4. The number of nitrogen functional groups attached to an aromatic ring is 1. The molecule has 2 saturated heterocycles. The van der Waals surface area contributed by atoms with E-state index in [0.29, 0.717) is 19.0 Å². The molecule has 1 atom stereocenters. The minimum Gasteiger partial charge on any atom is -0.396 e. The number of nitrogens with two attached hydrogens (primary N) is 1. The predicted molar refractivity (Wildman–Crippen MR) is 87.1 cm³/mol. The zero-order chi connectivity index (χ0) is 16.4. The lowest BCUT2D eigenvalue weighted by Crippen LogP contribution is -2.50. The summed E-state index contributed by atoms with van der Waals surface area (Å²) in [6.45, 7) is 5.53. The number of amides is 1. The minimum absolute atomic E-state index is 0.134. The molecule has 1 aromatic rings. The number of hydrogen-bond donors (Lipinski definition) is 1. The summed E-state index contributed by atoms with van der Waals surface area (Å²) in [7, 11) is 0. The molecule has 0 unspecified atom stereocenters. The number of ether oxygens (including phenoxy) is 1. The molecule has 1 amide bonds. The van der Waals surface area contributed by atoms with Crippen LogP contribution in [0.1, 0.15) is 16.8 Å². The van der Waals surface area contributed by atoms with Gasteiger partial charge in [0.2, 0.25) is 0 Å². The molecule has 0 spiro atoms. The van der Waals surface area contributed by atoms with E-state index in [1.807, 2.05) is 0 Å². The first kappa shape index (κ1) is 16.5. The Labute approximate surface area is 140 Å². The maximum absolute atomic E-state index is 13.7. The van der Waals surface area contributed by atoms with Crippen molar-refractivity contribution in [3.05, 3.63) is 28.5 Å². The molecular formula is C16H21ClFN3O2. The molecule has 7 heteroatoms. The van der Waals surface area contributed by atoms with Gasteiger partial charge in [-0.25, -0.2) is 4.39 Å². The van der Waals surface area contributed by atoms with Gasteiger partial charge in [0.05, 0.1) is 17.9 Å². The zero-order valence-electron chi connectivity index (χ0n) is 12.9. The predicted octanol–water partition coefficient (Wildman–Crippen LogP) is 1.86. The Kier molecular flexibility index (Phi) is 5.04. The molecule has 1 aromatic carbocycles. The van der Waals surface area contributed by atoms with Gasteiger partial charge in [-0.15, -0.1) is 0 Å². The fraction of sp³-hybridized carbons (Fsp3) is 0.562. The van der Waals surface area contributed by atoms with Gasteiger partial charge in [-0.1, -0.05) is 11.6 Å². The number of anilines is 1. The highest BCUT2D eigenvalue weighted by molar-refractivity contribution is 6.31. The van der Waals surface area contributed by atoms with Gasteiger partial charge in [-0.3, -0.25) is 9.69 Å². The van der Waals surface area contributed by atoms with Crippen LogP contribution in [-0.2, 0) is 4.74 Å². The van der Waals surface area contributed by atoms with Crippen LogP contribution in [0.2, 0.25) is 5.02 Å². The molecule has 2 fully saturated rings. The molecule has 0 bridgehead atoms. The standard InChI is InChI=1S/C16H21ClFN3O2/c17-12-7-13(15(19)14(18)8-12)16(22)21-4-2-20(3-5-21)9-11-1-6-23-10-11/h7-8,11H,1-6,9-10,19H2/t11-/m1/s1. The van der Waals surface area contributed by atoms with Crippen molar-refractivity contribution >= 4 is 23.2 Å². The third kappa shape index (κ3) is 3.76. The van der Waals surface area contributed by atoms with E-state index in [2.05, 4.69) is 4.90 Å². The number of halogens is 2. The largest absolute Gasteiger partial charge is 0.396 e. The molecule has 3 rings (SSSR count). The van der Waals surface area contributed by atoms with E-state index in [4.69, 9.17) is 22.1 Å². The van der Waals surface area contributed by atoms with Crippen molar-refractivity contribution < 1.29 is 13.9 Å². The highest BCUT2D eigenvalue weighted by Crippen LogP contribution is 2.24. The number of nitrogens with zero attached hydrogens (tertiary/aromatic N) is 2. The van der Waals surface area contributed by atoms with E-state index in [0.717, 1.165) is 45.3 Å². The molecule has 0 saturated carbocycles. The van der Waals surface area contributed by atoms with Crippen LogP contribution < -0.4 is 5.73 Å². The first-order chi connectivity index (χ1) is 11.0. The van der Waals surface area contributed by atoms with Crippen molar-refractivity contribution in [2.75, 3.05) is 51.7 Å². The number of benzene rings is 1. The Hall–Kier alpha value is -1.37. The first-order valence-electron chi connectivity index (χ1n) is 7.88. The molecule has 0 radical (unpaired) electrons. The lowest BCUT2D eigenvalue weighted by atomic mass is 10.1. The van der Waals surface area contributed by atoms with Gasteiger partial charge in [-0.2, -0.15) is 0 Å². The number of carbonyl (C=O) groups excluding carboxylic acids is 1. The van der Waals surface area contributed by atoms with Crippen LogP contribution in [0.5, 0.6) is 0 Å². The SMILES string of the molecule is Nc1c(F)cc(Cl)cc1C(=O)N1CCN(C[C@H]2CCOC2)CC1. The Morgan fingerprint density at radius 1 is 1.35 bits per heavy atom. The van der Waals surface area contributed by atoms with Gasteiger partial charge in [0.15, 0.2) is 0 Å². The normalized spacial score (nSPS) is 22.5. The molecule has 23 heavy (non-hydrogen) atoms. The first-order valence-corrected chi connectivity index (χ1v) is 8.26. The molecule has 126 valence electrons. The molecule has 2 heterocycles. The summed E-state index contributed by atoms with van der Waals surface area (Å²) in [5.74, 6) is -0.316. The van der Waals surface area contributed by atoms with E-state index < -0.39 is 5.82 Å². The fourth-order valence-electron chi connectivity index (χ4n) is 3.16. The van der Waals surface area contributed by atoms with Gasteiger partial charge >= 0.3 is 0 Å². The minimum atomic E-state index is -0.652. The van der Waals surface area contributed by atoms with Crippen molar-refractivity contribution in [2.45, 2.75) is 6.42 Å². The highest BCUT2D eigenvalue weighted by atomic mass is 35.5. The van der Waals surface area contributed by atoms with Crippen LogP contribution in [0.15, 0.2) is 12.1 Å². The second-order valence-corrected chi connectivity index (χ2v) is 6.61. The zero-order valence-corrected chi connectivity index (χ0v) is 13.7. The average molecular weight is 342 g/mol. The molecule has 2 aliphatic rings. The summed E-state index contributed by atoms with van der Waals surface area (Å²) in [4.78, 5) is 16.6. The quantitative estimate of drug-likeness (QED) is 0.852. The lowest BCUT2D eigenvalue weighted by molar-refractivity contribution is 0.0612. The van der Waals surface area contributed by atoms with Crippen LogP contribution in [0.4, 0.5) is 10.1 Å². The molecule has 2 N–H and O–H groups in total. The highest BCUT2D eigenvalue weighted by Gasteiger charge is 2.26. The van der Waals surface area contributed by atoms with Gasteiger partial charge in [0, 0.05) is 44.4 Å². The number of piperazine rings is 1. The van der Waals surface area contributed by atoms with Crippen molar-refractivity contribution in [3.63, 3.8) is 0 Å². The summed E-state index contributed by atoms with van der Waals surface area (Å²) >= 11 is 5.84. The smallest absolute Gasteiger partial charge is 0.256 e. The topological polar surface area (TPSA) is 58.8 Å². The second-order valence-electron chi connectivity index (χ2n) is 6.17. The van der Waals surface area contributed by atoms with E-state index in [-0.39, 0.29) is 22.2 Å². The summed E-state index contributed by atoms with van der Waals surface area (Å²) in [6.07, 6.45) is 1.11. The van der Waals surface area contributed by atoms with Crippen LogP contribution >= 0.6 is 11.6 Å². The van der Waals surface area contributed by atoms with Crippen molar-refractivity contribution in [1.29, 1.82) is 0 Å². The third-order valence-corrected chi connectivity index (χ3v) is 4.74. The van der Waals surface area contributed by atoms with Gasteiger partial charge in [-0.05, 0) is 24.5 Å². The van der Waals surface area contributed by atoms with Gasteiger partial charge in [0.1, 0.15) is 5.82 Å². The van der Waals surface area contributed by atoms with Crippen LogP contribution in [-0.4, -0.2) is 61.6 Å². The maximum Gasteiger partial charge on any atom is 0.256 e. The number of rotatable bonds is 3. The second kappa shape index (κ2) is 7.03. The lowest BCUT2D eigenvalue weighted by Gasteiger charge is -2.36. The molecule has 0 aromatic heterocycles. The summed E-state index contributed by atoms with van der Waals surface area (Å²) in [5, 5.41) is 0.180. The number of carbonyl (C=O) groups is 1. The van der Waals surface area contributed by atoms with Crippen LogP contribution in [0.25, 0.3) is 0 Å². The van der Waals surface area contributed by atoms with E-state index in [9.17, 15) is 9.18 Å². The molecular weight excluding hydrogens is 321 g/mol.